The maximum Gasteiger partial charge on any atom is 0.418 e. The Morgan fingerprint density at radius 1 is 1.24 bits per heavy atom. The maximum atomic E-state index is 12.9. The minimum absolute atomic E-state index is 0.255. The highest BCUT2D eigenvalue weighted by atomic mass is 32.3. The second-order valence-electron chi connectivity index (χ2n) is 4.79. The molecule has 116 valence electrons. The number of benzene rings is 1. The summed E-state index contributed by atoms with van der Waals surface area (Å²) in [5.41, 5.74) is -1.32. The van der Waals surface area contributed by atoms with Crippen molar-refractivity contribution in [3.63, 3.8) is 0 Å². The van der Waals surface area contributed by atoms with Gasteiger partial charge in [-0.2, -0.15) is 21.6 Å². The lowest BCUT2D eigenvalue weighted by Gasteiger charge is -2.21. The van der Waals surface area contributed by atoms with Crippen molar-refractivity contribution in [1.82, 2.24) is 0 Å². The van der Waals surface area contributed by atoms with Gasteiger partial charge in [-0.25, -0.2) is 0 Å². The Kier molecular flexibility index (Phi) is 3.96. The maximum absolute atomic E-state index is 12.9. The normalized spacial score (nSPS) is 20.1. The first-order valence-corrected chi connectivity index (χ1v) is 7.52. The van der Waals surface area contributed by atoms with Gasteiger partial charge < -0.3 is 4.90 Å². The van der Waals surface area contributed by atoms with E-state index in [0.29, 0.717) is 0 Å². The van der Waals surface area contributed by atoms with Crippen molar-refractivity contribution < 1.29 is 30.3 Å². The number of anilines is 1. The van der Waals surface area contributed by atoms with Gasteiger partial charge in [0.15, 0.2) is 0 Å². The quantitative estimate of drug-likeness (QED) is 0.633. The van der Waals surface area contributed by atoms with Crippen molar-refractivity contribution in [1.29, 1.82) is 0 Å². The van der Waals surface area contributed by atoms with Crippen LogP contribution in [0.25, 0.3) is 0 Å². The number of hydrogen-bond donors (Lipinski definition) is 0. The first-order chi connectivity index (χ1) is 9.58. The van der Waals surface area contributed by atoms with Crippen LogP contribution in [0.15, 0.2) is 24.3 Å². The van der Waals surface area contributed by atoms with E-state index in [1.807, 2.05) is 0 Å². The fourth-order valence-corrected chi connectivity index (χ4v) is 3.14. The molecule has 1 aliphatic rings. The number of hydrogen-bond acceptors (Lipinski definition) is 3. The van der Waals surface area contributed by atoms with Crippen LogP contribution < -0.4 is 4.90 Å². The molecule has 1 saturated heterocycles. The molecule has 21 heavy (non-hydrogen) atoms. The first-order valence-electron chi connectivity index (χ1n) is 5.97. The van der Waals surface area contributed by atoms with Crippen molar-refractivity contribution in [2.75, 3.05) is 17.2 Å². The number of halogens is 4. The van der Waals surface area contributed by atoms with E-state index in [4.69, 9.17) is 0 Å². The minimum atomic E-state index is -4.78. The predicted octanol–water partition coefficient (Wildman–Crippen LogP) is 2.36. The third-order valence-corrected chi connectivity index (χ3v) is 4.01. The Bertz CT molecular complexity index is 657. The standard InChI is InChI=1S/C12H11F4NO3S/c13-12(14,15)9-3-1-2-4-10(9)17-6-8(5-11(17)18)7-21(16,19)20/h1-4,8H,5-7H2. The molecule has 1 aromatic rings. The van der Waals surface area contributed by atoms with Gasteiger partial charge in [0.05, 0.1) is 17.0 Å². The zero-order valence-corrected chi connectivity index (χ0v) is 11.4. The molecule has 1 atom stereocenters. The summed E-state index contributed by atoms with van der Waals surface area (Å²) in [6.45, 7) is -0.255. The van der Waals surface area contributed by atoms with Gasteiger partial charge >= 0.3 is 16.4 Å². The molecule has 4 nitrogen and oxygen atoms in total. The molecule has 1 fully saturated rings. The number of para-hydroxylation sites is 1. The first kappa shape index (κ1) is 15.7. The zero-order chi connectivity index (χ0) is 15.8. The van der Waals surface area contributed by atoms with Crippen LogP contribution in [0.3, 0.4) is 0 Å². The van der Waals surface area contributed by atoms with Gasteiger partial charge in [-0.3, -0.25) is 4.79 Å². The van der Waals surface area contributed by atoms with Crippen LogP contribution in [0, 0.1) is 5.92 Å². The molecule has 0 aliphatic carbocycles. The van der Waals surface area contributed by atoms with Gasteiger partial charge in [-0.05, 0) is 12.1 Å². The fourth-order valence-electron chi connectivity index (χ4n) is 2.36. The number of alkyl halides is 3. The third-order valence-electron chi connectivity index (χ3n) is 3.14. The summed E-state index contributed by atoms with van der Waals surface area (Å²) in [6.07, 6.45) is -4.93. The average Bonchev–Trinajstić information content (AvgIpc) is 2.66. The number of rotatable bonds is 3. The Hall–Kier alpha value is -1.64. The number of nitrogens with zero attached hydrogens (tertiary/aromatic N) is 1. The monoisotopic (exact) mass is 325 g/mol. The molecule has 0 spiro atoms. The summed E-state index contributed by atoms with van der Waals surface area (Å²) >= 11 is 0. The van der Waals surface area contributed by atoms with Crippen molar-refractivity contribution >= 4 is 21.8 Å². The van der Waals surface area contributed by atoms with Gasteiger partial charge in [-0.1, -0.05) is 12.1 Å². The minimum Gasteiger partial charge on any atom is -0.311 e. The molecule has 0 N–H and O–H groups in total. The predicted molar refractivity (Wildman–Crippen MR) is 66.8 cm³/mol. The lowest BCUT2D eigenvalue weighted by atomic mass is 10.1. The summed E-state index contributed by atoms with van der Waals surface area (Å²) in [6, 6.07) is 4.50. The van der Waals surface area contributed by atoms with Crippen LogP contribution >= 0.6 is 0 Å². The van der Waals surface area contributed by atoms with Crippen LogP contribution in [0.5, 0.6) is 0 Å². The van der Waals surface area contributed by atoms with E-state index in [2.05, 4.69) is 0 Å². The molecule has 0 bridgehead atoms. The molecule has 0 radical (unpaired) electrons. The van der Waals surface area contributed by atoms with Gasteiger partial charge in [-0.15, -0.1) is 3.89 Å². The SMILES string of the molecule is O=C1CC(CS(=O)(=O)F)CN1c1ccccc1C(F)(F)F. The smallest absolute Gasteiger partial charge is 0.311 e. The highest BCUT2D eigenvalue weighted by Gasteiger charge is 2.39. The van der Waals surface area contributed by atoms with E-state index in [9.17, 15) is 30.3 Å². The molecule has 2 rings (SSSR count). The number of carbonyl (C=O) groups is 1. The van der Waals surface area contributed by atoms with Crippen LogP contribution in [0.4, 0.5) is 22.7 Å². The van der Waals surface area contributed by atoms with E-state index in [-0.39, 0.29) is 18.7 Å². The number of carbonyl (C=O) groups excluding carboxylic acids is 1. The van der Waals surface area contributed by atoms with Crippen molar-refractivity contribution in [2.24, 2.45) is 5.92 Å². The molecule has 9 heteroatoms. The molecule has 1 amide bonds. The molecule has 0 saturated carbocycles. The van der Waals surface area contributed by atoms with Gasteiger partial charge in [0.1, 0.15) is 0 Å². The van der Waals surface area contributed by atoms with Crippen LogP contribution in [-0.4, -0.2) is 26.6 Å². The van der Waals surface area contributed by atoms with Crippen LogP contribution in [0.2, 0.25) is 0 Å². The number of amides is 1. The van der Waals surface area contributed by atoms with Crippen LogP contribution in [-0.2, 0) is 21.2 Å². The van der Waals surface area contributed by atoms with Crippen molar-refractivity contribution in [3.05, 3.63) is 29.8 Å². The van der Waals surface area contributed by atoms with Crippen molar-refractivity contribution in [3.8, 4) is 0 Å². The Labute approximate surface area is 118 Å². The lowest BCUT2D eigenvalue weighted by molar-refractivity contribution is -0.137. The molecule has 0 aromatic heterocycles. The molecular weight excluding hydrogens is 314 g/mol. The molecule has 1 aromatic carbocycles. The summed E-state index contributed by atoms with van der Waals surface area (Å²) in [4.78, 5) is 12.7. The summed E-state index contributed by atoms with van der Waals surface area (Å²) in [5, 5.41) is 0. The Morgan fingerprint density at radius 2 is 1.86 bits per heavy atom. The van der Waals surface area contributed by atoms with Crippen molar-refractivity contribution in [2.45, 2.75) is 12.6 Å². The molecular formula is C12H11F4NO3S. The highest BCUT2D eigenvalue weighted by Crippen LogP contribution is 2.38. The topological polar surface area (TPSA) is 54.5 Å². The van der Waals surface area contributed by atoms with Crippen LogP contribution in [0.1, 0.15) is 12.0 Å². The summed E-state index contributed by atoms with van der Waals surface area (Å²) < 4.78 is 72.5. The largest absolute Gasteiger partial charge is 0.418 e. The molecule has 1 aliphatic heterocycles. The second-order valence-corrected chi connectivity index (χ2v) is 6.21. The second kappa shape index (κ2) is 5.28. The van der Waals surface area contributed by atoms with Gasteiger partial charge in [0.25, 0.3) is 0 Å². The van der Waals surface area contributed by atoms with Gasteiger partial charge in [0, 0.05) is 18.9 Å². The Balaban J connectivity index is 2.30. The molecule has 1 unspecified atom stereocenters. The van der Waals surface area contributed by atoms with E-state index < -0.39 is 39.5 Å². The van der Waals surface area contributed by atoms with E-state index >= 15 is 0 Å². The van der Waals surface area contributed by atoms with E-state index in [1.165, 1.54) is 12.1 Å². The van der Waals surface area contributed by atoms with E-state index in [1.54, 1.807) is 0 Å². The third kappa shape index (κ3) is 3.72. The van der Waals surface area contributed by atoms with E-state index in [0.717, 1.165) is 17.0 Å². The lowest BCUT2D eigenvalue weighted by Crippen LogP contribution is -2.28. The zero-order valence-electron chi connectivity index (χ0n) is 10.6. The fraction of sp³-hybridized carbons (Fsp3) is 0.417. The molecule has 1 heterocycles. The average molecular weight is 325 g/mol. The summed E-state index contributed by atoms with van der Waals surface area (Å²) in [5.74, 6) is -2.38. The Morgan fingerprint density at radius 3 is 2.43 bits per heavy atom. The highest BCUT2D eigenvalue weighted by molar-refractivity contribution is 7.86. The summed E-state index contributed by atoms with van der Waals surface area (Å²) in [7, 11) is -4.78. The van der Waals surface area contributed by atoms with Gasteiger partial charge in [0.2, 0.25) is 5.91 Å².